The molecule has 2 N–H and O–H groups in total. The van der Waals surface area contributed by atoms with E-state index in [4.69, 9.17) is 4.42 Å². The van der Waals surface area contributed by atoms with Crippen LogP contribution in [0.1, 0.15) is 46.3 Å². The van der Waals surface area contributed by atoms with Crippen molar-refractivity contribution in [1.82, 2.24) is 20.5 Å². The number of hydrogen-bond donors (Lipinski definition) is 2. The molecule has 0 aliphatic carbocycles. The second-order valence-electron chi connectivity index (χ2n) is 9.85. The zero-order chi connectivity index (χ0) is 22.4. The summed E-state index contributed by atoms with van der Waals surface area (Å²) in [6, 6.07) is 9.55. The second kappa shape index (κ2) is 7.64. The lowest BCUT2D eigenvalue weighted by molar-refractivity contribution is 0.160. The van der Waals surface area contributed by atoms with Gasteiger partial charge in [-0.2, -0.15) is 0 Å². The van der Waals surface area contributed by atoms with Crippen molar-refractivity contribution in [2.75, 3.05) is 11.9 Å². The minimum Gasteiger partial charge on any atom is -0.507 e. The van der Waals surface area contributed by atoms with Gasteiger partial charge in [-0.3, -0.25) is 0 Å². The molecule has 1 aromatic carbocycles. The number of piperidine rings is 1. The maximum absolute atomic E-state index is 10.6. The molecular formula is C24H31N5O2. The van der Waals surface area contributed by atoms with Crippen LogP contribution in [0.2, 0.25) is 0 Å². The van der Waals surface area contributed by atoms with Crippen molar-refractivity contribution in [2.45, 2.75) is 64.6 Å². The second-order valence-corrected chi connectivity index (χ2v) is 9.85. The number of aromatic hydroxyl groups is 1. The molecule has 164 valence electrons. The van der Waals surface area contributed by atoms with Crippen molar-refractivity contribution in [3.63, 3.8) is 0 Å². The predicted molar refractivity (Wildman–Crippen MR) is 122 cm³/mol. The number of nitrogens with one attached hydrogen (secondary N) is 1. The van der Waals surface area contributed by atoms with Crippen LogP contribution >= 0.6 is 0 Å². The van der Waals surface area contributed by atoms with Gasteiger partial charge in [0.15, 0.2) is 5.82 Å². The zero-order valence-corrected chi connectivity index (χ0v) is 19.1. The number of oxazole rings is 1. The van der Waals surface area contributed by atoms with Gasteiger partial charge < -0.3 is 19.7 Å². The third-order valence-electron chi connectivity index (χ3n) is 5.87. The molecule has 0 radical (unpaired) electrons. The Labute approximate surface area is 183 Å². The van der Waals surface area contributed by atoms with Crippen LogP contribution in [-0.2, 0) is 0 Å². The number of aromatic nitrogens is 3. The summed E-state index contributed by atoms with van der Waals surface area (Å²) in [5.41, 5.74) is 2.08. The topological polar surface area (TPSA) is 87.3 Å². The molecule has 4 rings (SSSR count). The molecular weight excluding hydrogens is 390 g/mol. The molecule has 3 heterocycles. The number of anilines is 1. The first-order valence-corrected chi connectivity index (χ1v) is 10.7. The van der Waals surface area contributed by atoms with Crippen molar-refractivity contribution in [3.8, 4) is 28.5 Å². The first-order chi connectivity index (χ1) is 14.5. The first kappa shape index (κ1) is 21.3. The molecule has 1 aliphatic heterocycles. The average Bonchev–Trinajstić information content (AvgIpc) is 3.11. The fourth-order valence-corrected chi connectivity index (χ4v) is 4.76. The van der Waals surface area contributed by atoms with Crippen LogP contribution in [0, 0.1) is 6.92 Å². The SMILES string of the molecule is Cc1cnc(-c2ccc(-c3ccc(N(C)C4CC(C)(C)NC(C)(C)C4)nn3)c(O)c2)o1. The molecule has 0 unspecified atom stereocenters. The van der Waals surface area contributed by atoms with E-state index < -0.39 is 0 Å². The summed E-state index contributed by atoms with van der Waals surface area (Å²) in [6.07, 6.45) is 3.71. The summed E-state index contributed by atoms with van der Waals surface area (Å²) in [5, 5.41) is 23.1. The van der Waals surface area contributed by atoms with Gasteiger partial charge in [0.25, 0.3) is 0 Å². The van der Waals surface area contributed by atoms with E-state index in [1.165, 1.54) is 0 Å². The minimum atomic E-state index is 0.0585. The van der Waals surface area contributed by atoms with Crippen LogP contribution in [0.3, 0.4) is 0 Å². The molecule has 1 saturated heterocycles. The fourth-order valence-electron chi connectivity index (χ4n) is 4.76. The summed E-state index contributed by atoms with van der Waals surface area (Å²) in [6.45, 7) is 10.8. The van der Waals surface area contributed by atoms with E-state index in [0.717, 1.165) is 30.0 Å². The lowest BCUT2D eigenvalue weighted by atomic mass is 9.79. The van der Waals surface area contributed by atoms with Crippen LogP contribution in [0.5, 0.6) is 5.75 Å². The van der Waals surface area contributed by atoms with Crippen LogP contribution in [0.4, 0.5) is 5.82 Å². The maximum Gasteiger partial charge on any atom is 0.226 e. The Morgan fingerprint density at radius 1 is 1.06 bits per heavy atom. The Kier molecular flexibility index (Phi) is 5.25. The van der Waals surface area contributed by atoms with Crippen molar-refractivity contribution in [1.29, 1.82) is 0 Å². The fraction of sp³-hybridized carbons (Fsp3) is 0.458. The van der Waals surface area contributed by atoms with Crippen LogP contribution in [0.15, 0.2) is 40.9 Å². The number of aryl methyl sites for hydroxylation is 1. The summed E-state index contributed by atoms with van der Waals surface area (Å²) in [7, 11) is 2.08. The minimum absolute atomic E-state index is 0.0585. The summed E-state index contributed by atoms with van der Waals surface area (Å²) in [4.78, 5) is 6.43. The number of benzene rings is 1. The third-order valence-corrected chi connectivity index (χ3v) is 5.87. The van der Waals surface area contributed by atoms with E-state index in [-0.39, 0.29) is 16.8 Å². The predicted octanol–water partition coefficient (Wildman–Crippen LogP) is 4.56. The van der Waals surface area contributed by atoms with Crippen molar-refractivity contribution in [3.05, 3.63) is 42.3 Å². The molecule has 3 aromatic rings. The lowest BCUT2D eigenvalue weighted by Gasteiger charge is -2.49. The number of phenols is 1. The Morgan fingerprint density at radius 3 is 2.32 bits per heavy atom. The first-order valence-electron chi connectivity index (χ1n) is 10.7. The maximum atomic E-state index is 10.6. The van der Waals surface area contributed by atoms with Gasteiger partial charge >= 0.3 is 0 Å². The van der Waals surface area contributed by atoms with E-state index in [0.29, 0.717) is 23.2 Å². The molecule has 0 atom stereocenters. The molecule has 2 aromatic heterocycles. The van der Waals surface area contributed by atoms with Gasteiger partial charge in [0.05, 0.1) is 11.9 Å². The lowest BCUT2D eigenvalue weighted by Crippen LogP contribution is -2.62. The third kappa shape index (κ3) is 4.56. The Balaban J connectivity index is 1.54. The Morgan fingerprint density at radius 2 is 1.77 bits per heavy atom. The molecule has 0 spiro atoms. The van der Waals surface area contributed by atoms with Crippen LogP contribution in [-0.4, -0.2) is 44.5 Å². The van der Waals surface area contributed by atoms with Crippen molar-refractivity contribution < 1.29 is 9.52 Å². The molecule has 1 fully saturated rings. The van der Waals surface area contributed by atoms with Gasteiger partial charge in [-0.1, -0.05) is 0 Å². The highest BCUT2D eigenvalue weighted by Gasteiger charge is 2.39. The largest absolute Gasteiger partial charge is 0.507 e. The number of nitrogens with zero attached hydrogens (tertiary/aromatic N) is 4. The smallest absolute Gasteiger partial charge is 0.226 e. The number of rotatable bonds is 4. The van der Waals surface area contributed by atoms with Gasteiger partial charge in [0.1, 0.15) is 11.5 Å². The van der Waals surface area contributed by atoms with Crippen LogP contribution in [0.25, 0.3) is 22.7 Å². The van der Waals surface area contributed by atoms with Crippen molar-refractivity contribution in [2.24, 2.45) is 0 Å². The Hall–Kier alpha value is -2.93. The number of phenolic OH excluding ortho intramolecular Hbond substituents is 1. The zero-order valence-electron chi connectivity index (χ0n) is 19.1. The quantitative estimate of drug-likeness (QED) is 0.638. The molecule has 0 saturated carbocycles. The normalized spacial score (nSPS) is 18.1. The van der Waals surface area contributed by atoms with Gasteiger partial charge in [0, 0.05) is 35.3 Å². The Bertz CT molecular complexity index is 1060. The molecule has 7 nitrogen and oxygen atoms in total. The molecule has 31 heavy (non-hydrogen) atoms. The van der Waals surface area contributed by atoms with Gasteiger partial charge in [-0.25, -0.2) is 4.98 Å². The van der Waals surface area contributed by atoms with E-state index >= 15 is 0 Å². The summed E-state index contributed by atoms with van der Waals surface area (Å²) >= 11 is 0. The monoisotopic (exact) mass is 421 g/mol. The standard InChI is InChI=1S/C24H31N5O2/c1-15-14-25-22(31-15)16-7-8-18(20(30)11-16)19-9-10-21(27-26-19)29(6)17-12-23(2,3)28-24(4,5)13-17/h7-11,14,17,28,30H,12-13H2,1-6H3. The van der Waals surface area contributed by atoms with Gasteiger partial charge in [0.2, 0.25) is 5.89 Å². The molecule has 1 aliphatic rings. The average molecular weight is 422 g/mol. The summed E-state index contributed by atoms with van der Waals surface area (Å²) < 4.78 is 5.54. The van der Waals surface area contributed by atoms with E-state index in [1.807, 2.05) is 31.2 Å². The van der Waals surface area contributed by atoms with E-state index in [9.17, 15) is 5.11 Å². The highest BCUT2D eigenvalue weighted by molar-refractivity contribution is 5.71. The highest BCUT2D eigenvalue weighted by atomic mass is 16.4. The van der Waals surface area contributed by atoms with E-state index in [2.05, 4.69) is 60.1 Å². The molecule has 0 amide bonds. The van der Waals surface area contributed by atoms with Crippen molar-refractivity contribution >= 4 is 5.82 Å². The number of hydrogen-bond acceptors (Lipinski definition) is 7. The summed E-state index contributed by atoms with van der Waals surface area (Å²) in [5.74, 6) is 2.15. The highest BCUT2D eigenvalue weighted by Crippen LogP contribution is 2.34. The van der Waals surface area contributed by atoms with E-state index in [1.54, 1.807) is 12.3 Å². The molecule has 7 heteroatoms. The molecule has 0 bridgehead atoms. The van der Waals surface area contributed by atoms with Gasteiger partial charge in [-0.15, -0.1) is 10.2 Å². The van der Waals surface area contributed by atoms with Gasteiger partial charge in [-0.05, 0) is 77.8 Å². The van der Waals surface area contributed by atoms with Crippen LogP contribution < -0.4 is 10.2 Å².